The molecule has 16 heavy (non-hydrogen) atoms. The Bertz CT molecular complexity index is 249. The summed E-state index contributed by atoms with van der Waals surface area (Å²) in [6.07, 6.45) is 2.42. The molecule has 2 atom stereocenters. The second-order valence-electron chi connectivity index (χ2n) is 4.28. The Balaban J connectivity index is 1.92. The first kappa shape index (κ1) is 13.2. The number of amides is 1. The lowest BCUT2D eigenvalue weighted by Crippen LogP contribution is -2.25. The fourth-order valence-electron chi connectivity index (χ4n) is 1.26. The maximum atomic E-state index is 11.2. The van der Waals surface area contributed by atoms with Gasteiger partial charge in [0, 0.05) is 12.1 Å². The van der Waals surface area contributed by atoms with E-state index in [4.69, 9.17) is 9.47 Å². The first-order valence-electron chi connectivity index (χ1n) is 5.76. The van der Waals surface area contributed by atoms with Crippen LogP contribution in [0.2, 0.25) is 0 Å². The van der Waals surface area contributed by atoms with Crippen LogP contribution < -0.4 is 5.32 Å². The number of carbonyl (C=O) groups excluding carboxylic acids is 1. The maximum absolute atomic E-state index is 11.2. The highest BCUT2D eigenvalue weighted by Gasteiger charge is 2.23. The minimum absolute atomic E-state index is 0.0695. The Morgan fingerprint density at radius 3 is 2.94 bits per heavy atom. The summed E-state index contributed by atoms with van der Waals surface area (Å²) in [6, 6.07) is 0. The lowest BCUT2D eigenvalue weighted by atomic mass is 10.2. The summed E-state index contributed by atoms with van der Waals surface area (Å²) in [6.45, 7) is 9.53. The summed E-state index contributed by atoms with van der Waals surface area (Å²) in [5.74, 6) is -0.0695. The molecule has 1 amide bonds. The van der Waals surface area contributed by atoms with Gasteiger partial charge in [0.25, 0.3) is 0 Å². The Hall–Kier alpha value is -0.870. The van der Waals surface area contributed by atoms with Crippen molar-refractivity contribution in [2.24, 2.45) is 0 Å². The standard InChI is InChI=1S/C12H21NO3/c1-9(2)12(14)13-6-4-5-10(3)15-7-11-8-16-11/h10-11H,1,4-8H2,2-3H3,(H,13,14). The van der Waals surface area contributed by atoms with Gasteiger partial charge in [0.1, 0.15) is 6.10 Å². The predicted molar refractivity (Wildman–Crippen MR) is 62.2 cm³/mol. The van der Waals surface area contributed by atoms with Gasteiger partial charge in [-0.15, -0.1) is 0 Å². The van der Waals surface area contributed by atoms with Crippen molar-refractivity contribution in [3.63, 3.8) is 0 Å². The SMILES string of the molecule is C=C(C)C(=O)NCCCC(C)OCC1CO1. The van der Waals surface area contributed by atoms with Crippen LogP contribution in [0.1, 0.15) is 26.7 Å². The summed E-state index contributed by atoms with van der Waals surface area (Å²) in [7, 11) is 0. The van der Waals surface area contributed by atoms with Gasteiger partial charge in [0.15, 0.2) is 0 Å². The molecule has 1 saturated heterocycles. The highest BCUT2D eigenvalue weighted by atomic mass is 16.6. The van der Waals surface area contributed by atoms with Gasteiger partial charge in [0.05, 0.1) is 19.3 Å². The zero-order valence-electron chi connectivity index (χ0n) is 10.1. The lowest BCUT2D eigenvalue weighted by Gasteiger charge is -2.12. The third kappa shape index (κ3) is 5.88. The van der Waals surface area contributed by atoms with Gasteiger partial charge < -0.3 is 14.8 Å². The number of rotatable bonds is 8. The zero-order chi connectivity index (χ0) is 12.0. The van der Waals surface area contributed by atoms with E-state index in [-0.39, 0.29) is 12.0 Å². The minimum Gasteiger partial charge on any atom is -0.376 e. The first-order chi connectivity index (χ1) is 7.59. The molecule has 1 aliphatic rings. The molecule has 0 saturated carbocycles. The quantitative estimate of drug-likeness (QED) is 0.386. The summed E-state index contributed by atoms with van der Waals surface area (Å²) in [4.78, 5) is 11.2. The van der Waals surface area contributed by atoms with Crippen LogP contribution >= 0.6 is 0 Å². The van der Waals surface area contributed by atoms with E-state index in [9.17, 15) is 4.79 Å². The molecule has 1 aliphatic heterocycles. The molecule has 4 heteroatoms. The molecule has 0 aromatic carbocycles. The summed E-state index contributed by atoms with van der Waals surface area (Å²) in [5.41, 5.74) is 0.551. The maximum Gasteiger partial charge on any atom is 0.246 e. The van der Waals surface area contributed by atoms with Gasteiger partial charge >= 0.3 is 0 Å². The molecule has 4 nitrogen and oxygen atoms in total. The van der Waals surface area contributed by atoms with Crippen molar-refractivity contribution in [1.82, 2.24) is 5.32 Å². The average molecular weight is 227 g/mol. The average Bonchev–Trinajstić information content (AvgIpc) is 3.04. The molecule has 1 heterocycles. The highest BCUT2D eigenvalue weighted by molar-refractivity contribution is 5.91. The van der Waals surface area contributed by atoms with Gasteiger partial charge in [-0.25, -0.2) is 0 Å². The van der Waals surface area contributed by atoms with E-state index >= 15 is 0 Å². The van der Waals surface area contributed by atoms with Crippen molar-refractivity contribution in [2.75, 3.05) is 19.8 Å². The number of ether oxygens (including phenoxy) is 2. The normalized spacial score (nSPS) is 20.2. The topological polar surface area (TPSA) is 50.9 Å². The number of nitrogens with one attached hydrogen (secondary N) is 1. The van der Waals surface area contributed by atoms with Crippen molar-refractivity contribution in [1.29, 1.82) is 0 Å². The van der Waals surface area contributed by atoms with Gasteiger partial charge in [-0.3, -0.25) is 4.79 Å². The third-order valence-electron chi connectivity index (χ3n) is 2.43. The number of epoxide rings is 1. The Morgan fingerprint density at radius 1 is 1.69 bits per heavy atom. The molecular weight excluding hydrogens is 206 g/mol. The van der Waals surface area contributed by atoms with Gasteiger partial charge in [-0.05, 0) is 26.7 Å². The second kappa shape index (κ2) is 6.66. The largest absolute Gasteiger partial charge is 0.376 e. The van der Waals surface area contributed by atoms with Crippen LogP contribution in [0.4, 0.5) is 0 Å². The fraction of sp³-hybridized carbons (Fsp3) is 0.750. The number of carbonyl (C=O) groups is 1. The van der Waals surface area contributed by atoms with Crippen LogP contribution in [-0.4, -0.2) is 37.9 Å². The smallest absolute Gasteiger partial charge is 0.246 e. The molecule has 92 valence electrons. The lowest BCUT2D eigenvalue weighted by molar-refractivity contribution is -0.117. The molecule has 0 aromatic heterocycles. The number of hydrogen-bond acceptors (Lipinski definition) is 3. The third-order valence-corrected chi connectivity index (χ3v) is 2.43. The molecule has 1 fully saturated rings. The fourth-order valence-corrected chi connectivity index (χ4v) is 1.26. The molecule has 0 aromatic rings. The van der Waals surface area contributed by atoms with Crippen LogP contribution in [0.25, 0.3) is 0 Å². The van der Waals surface area contributed by atoms with Crippen LogP contribution in [0.3, 0.4) is 0 Å². The molecule has 0 spiro atoms. The predicted octanol–water partition coefficient (Wildman–Crippen LogP) is 1.26. The molecule has 0 aliphatic carbocycles. The van der Waals surface area contributed by atoms with Crippen LogP contribution in [0.15, 0.2) is 12.2 Å². The first-order valence-corrected chi connectivity index (χ1v) is 5.76. The van der Waals surface area contributed by atoms with Crippen LogP contribution in [0, 0.1) is 0 Å². The Morgan fingerprint density at radius 2 is 2.38 bits per heavy atom. The van der Waals surface area contributed by atoms with Gasteiger partial charge in [-0.2, -0.15) is 0 Å². The van der Waals surface area contributed by atoms with Crippen molar-refractivity contribution in [3.8, 4) is 0 Å². The molecule has 0 radical (unpaired) electrons. The Labute approximate surface area is 97.0 Å². The molecule has 1 N–H and O–H groups in total. The summed E-state index contributed by atoms with van der Waals surface area (Å²) in [5, 5.41) is 2.80. The minimum atomic E-state index is -0.0695. The van der Waals surface area contributed by atoms with E-state index in [0.29, 0.717) is 24.8 Å². The molecule has 1 rings (SSSR count). The van der Waals surface area contributed by atoms with E-state index < -0.39 is 0 Å². The number of hydrogen-bond donors (Lipinski definition) is 1. The summed E-state index contributed by atoms with van der Waals surface area (Å²) >= 11 is 0. The molecule has 2 unspecified atom stereocenters. The second-order valence-corrected chi connectivity index (χ2v) is 4.28. The van der Waals surface area contributed by atoms with E-state index in [0.717, 1.165) is 19.4 Å². The van der Waals surface area contributed by atoms with E-state index in [1.54, 1.807) is 6.92 Å². The van der Waals surface area contributed by atoms with Gasteiger partial charge in [0.2, 0.25) is 5.91 Å². The molecular formula is C12H21NO3. The van der Waals surface area contributed by atoms with E-state index in [1.165, 1.54) is 0 Å². The van der Waals surface area contributed by atoms with Crippen molar-refractivity contribution in [3.05, 3.63) is 12.2 Å². The Kier molecular flexibility index (Phi) is 5.49. The summed E-state index contributed by atoms with van der Waals surface area (Å²) < 4.78 is 10.6. The van der Waals surface area contributed by atoms with Crippen molar-refractivity contribution in [2.45, 2.75) is 38.9 Å². The van der Waals surface area contributed by atoms with E-state index in [1.807, 2.05) is 6.92 Å². The van der Waals surface area contributed by atoms with E-state index in [2.05, 4.69) is 11.9 Å². The molecule has 0 bridgehead atoms. The highest BCUT2D eigenvalue weighted by Crippen LogP contribution is 2.11. The van der Waals surface area contributed by atoms with Crippen molar-refractivity contribution >= 4 is 5.91 Å². The zero-order valence-corrected chi connectivity index (χ0v) is 10.1. The monoisotopic (exact) mass is 227 g/mol. The van der Waals surface area contributed by atoms with Gasteiger partial charge in [-0.1, -0.05) is 6.58 Å². The van der Waals surface area contributed by atoms with Crippen LogP contribution in [-0.2, 0) is 14.3 Å². The van der Waals surface area contributed by atoms with Crippen LogP contribution in [0.5, 0.6) is 0 Å². The van der Waals surface area contributed by atoms with Crippen molar-refractivity contribution < 1.29 is 14.3 Å².